The Labute approximate surface area is 167 Å². The topological polar surface area (TPSA) is 9.23 Å². The first-order valence-electron chi connectivity index (χ1n) is 8.29. The molecule has 0 bridgehead atoms. The summed E-state index contributed by atoms with van der Waals surface area (Å²) < 4.78 is 64.5. The van der Waals surface area contributed by atoms with Crippen LogP contribution in [0.3, 0.4) is 0 Å². The van der Waals surface area contributed by atoms with Gasteiger partial charge in [0.2, 0.25) is 0 Å². The van der Waals surface area contributed by atoms with Crippen LogP contribution in [0, 0.1) is 6.92 Å². The van der Waals surface area contributed by atoms with Crippen molar-refractivity contribution in [2.75, 3.05) is 7.11 Å². The van der Waals surface area contributed by atoms with Crippen molar-refractivity contribution in [2.45, 2.75) is 21.6 Å². The second-order valence-corrected chi connectivity index (χ2v) is 10.0. The van der Waals surface area contributed by atoms with E-state index < -0.39 is 7.81 Å². The van der Waals surface area contributed by atoms with Crippen molar-refractivity contribution in [3.63, 3.8) is 0 Å². The third-order valence-corrected chi connectivity index (χ3v) is 5.76. The Kier molecular flexibility index (Phi) is 6.31. The fraction of sp³-hybridized carbons (Fsp3) is 0.100. The van der Waals surface area contributed by atoms with Crippen LogP contribution in [0.5, 0.6) is 5.75 Å². The third kappa shape index (κ3) is 9.24. The molecule has 0 saturated heterocycles. The first-order valence-corrected chi connectivity index (χ1v) is 11.5. The van der Waals surface area contributed by atoms with Gasteiger partial charge in [-0.1, -0.05) is 35.9 Å². The van der Waals surface area contributed by atoms with Gasteiger partial charge in [0.25, 0.3) is 0 Å². The molecular weight excluding hydrogens is 433 g/mol. The summed E-state index contributed by atoms with van der Waals surface area (Å²) in [7, 11) is -9.05. The molecule has 0 fully saturated rings. The standard InChI is InChI=1S/C20H19OS.F6P/c1-16-8-12-19(13-9-16)22(18-6-4-3-5-7-18)20-14-10-17(21-2)11-15-20;1-7(2,3,4,5)6/h3-15H,1-2H3;/q+1;-1. The number of aryl methyl sites for hydroxylation is 1. The first-order chi connectivity index (χ1) is 13.2. The van der Waals surface area contributed by atoms with Crippen LogP contribution < -0.4 is 4.74 Å². The molecule has 29 heavy (non-hydrogen) atoms. The van der Waals surface area contributed by atoms with E-state index in [1.54, 1.807) is 7.11 Å². The zero-order valence-electron chi connectivity index (χ0n) is 15.5. The second kappa shape index (κ2) is 7.92. The normalized spacial score (nSPS) is 14.6. The Morgan fingerprint density at radius 1 is 0.621 bits per heavy atom. The average Bonchev–Trinajstić information content (AvgIpc) is 2.62. The molecule has 3 aromatic carbocycles. The SMILES string of the molecule is COc1ccc([S+](c2ccccc2)c2ccc(C)cc2)cc1.F[P-](F)(F)(F)(F)F. The van der Waals surface area contributed by atoms with Gasteiger partial charge < -0.3 is 4.74 Å². The summed E-state index contributed by atoms with van der Waals surface area (Å²) in [5.41, 5.74) is 1.29. The van der Waals surface area contributed by atoms with Crippen LogP contribution in [0.15, 0.2) is 93.5 Å². The van der Waals surface area contributed by atoms with Crippen molar-refractivity contribution in [2.24, 2.45) is 0 Å². The van der Waals surface area contributed by atoms with Crippen LogP contribution in [0.4, 0.5) is 25.2 Å². The Morgan fingerprint density at radius 3 is 1.41 bits per heavy atom. The molecule has 0 heterocycles. The molecule has 1 atom stereocenters. The van der Waals surface area contributed by atoms with E-state index in [1.807, 2.05) is 12.1 Å². The van der Waals surface area contributed by atoms with E-state index in [-0.39, 0.29) is 10.9 Å². The van der Waals surface area contributed by atoms with Crippen LogP contribution in [0.2, 0.25) is 0 Å². The Morgan fingerprint density at radius 2 is 1.00 bits per heavy atom. The molecule has 1 unspecified atom stereocenters. The van der Waals surface area contributed by atoms with Crippen molar-refractivity contribution in [3.05, 3.63) is 84.4 Å². The summed E-state index contributed by atoms with van der Waals surface area (Å²) in [6.07, 6.45) is 0. The van der Waals surface area contributed by atoms with Gasteiger partial charge in [-0.2, -0.15) is 0 Å². The summed E-state index contributed by atoms with van der Waals surface area (Å²) in [5, 5.41) is 0. The maximum atomic E-state index is 9.87. The minimum absolute atomic E-state index is 0.0887. The van der Waals surface area contributed by atoms with Crippen molar-refractivity contribution in [1.29, 1.82) is 0 Å². The quantitative estimate of drug-likeness (QED) is 0.219. The van der Waals surface area contributed by atoms with Gasteiger partial charge >= 0.3 is 33.0 Å². The third-order valence-electron chi connectivity index (χ3n) is 3.53. The zero-order valence-corrected chi connectivity index (χ0v) is 17.2. The van der Waals surface area contributed by atoms with Crippen LogP contribution in [0.1, 0.15) is 5.56 Å². The molecule has 0 aliphatic heterocycles. The molecule has 0 aromatic heterocycles. The van der Waals surface area contributed by atoms with Gasteiger partial charge in [0.1, 0.15) is 5.75 Å². The maximum absolute atomic E-state index is 10.7. The number of hydrogen-bond donors (Lipinski definition) is 0. The van der Waals surface area contributed by atoms with Crippen molar-refractivity contribution in [3.8, 4) is 5.75 Å². The molecule has 0 aliphatic carbocycles. The van der Waals surface area contributed by atoms with Gasteiger partial charge in [-0.15, -0.1) is 0 Å². The summed E-state index contributed by atoms with van der Waals surface area (Å²) in [4.78, 5) is 3.97. The van der Waals surface area contributed by atoms with Gasteiger partial charge in [0.15, 0.2) is 14.7 Å². The molecule has 0 N–H and O–H groups in total. The van der Waals surface area contributed by atoms with Crippen LogP contribution in [-0.2, 0) is 10.9 Å². The molecule has 1 nitrogen and oxygen atoms in total. The molecular formula is C20H19F6OPS. The fourth-order valence-corrected chi connectivity index (χ4v) is 4.41. The van der Waals surface area contributed by atoms with E-state index in [2.05, 4.69) is 73.7 Å². The Bertz CT molecular complexity index is 916. The number of halogens is 6. The van der Waals surface area contributed by atoms with E-state index in [9.17, 15) is 25.2 Å². The molecule has 3 aromatic rings. The molecule has 0 saturated carbocycles. The van der Waals surface area contributed by atoms with Gasteiger partial charge in [-0.25, -0.2) is 0 Å². The summed E-state index contributed by atoms with van der Waals surface area (Å²) in [5.74, 6) is 0.893. The van der Waals surface area contributed by atoms with E-state index in [1.165, 1.54) is 20.2 Å². The monoisotopic (exact) mass is 452 g/mol. The fourth-order valence-electron chi connectivity index (χ4n) is 2.35. The second-order valence-electron chi connectivity index (χ2n) is 6.07. The number of hydrogen-bond acceptors (Lipinski definition) is 1. The molecule has 0 aliphatic rings. The Balaban J connectivity index is 0.000000370. The average molecular weight is 452 g/mol. The molecule has 9 heteroatoms. The molecule has 0 radical (unpaired) electrons. The van der Waals surface area contributed by atoms with E-state index in [0.717, 1.165) is 5.75 Å². The molecule has 0 spiro atoms. The molecule has 3 rings (SSSR count). The summed E-state index contributed by atoms with van der Waals surface area (Å²) in [6, 6.07) is 27.9. The van der Waals surface area contributed by atoms with Gasteiger partial charge in [0.05, 0.1) is 18.0 Å². The Hall–Kier alpha value is -2.18. The van der Waals surface area contributed by atoms with Gasteiger partial charge in [-0.05, 0) is 55.5 Å². The molecule has 0 amide bonds. The van der Waals surface area contributed by atoms with Crippen LogP contribution >= 0.6 is 7.81 Å². The number of rotatable bonds is 4. The van der Waals surface area contributed by atoms with Crippen LogP contribution in [-0.4, -0.2) is 7.11 Å². The first kappa shape index (κ1) is 23.1. The number of benzene rings is 3. The van der Waals surface area contributed by atoms with Crippen molar-refractivity contribution in [1.82, 2.24) is 0 Å². The van der Waals surface area contributed by atoms with Gasteiger partial charge in [-0.3, -0.25) is 0 Å². The molecule has 158 valence electrons. The summed E-state index contributed by atoms with van der Waals surface area (Å²) in [6.45, 7) is 2.12. The minimum atomic E-state index is -10.7. The predicted octanol–water partition coefficient (Wildman–Crippen LogP) is 8.48. The zero-order chi connectivity index (χ0) is 21.8. The predicted molar refractivity (Wildman–Crippen MR) is 106 cm³/mol. The van der Waals surface area contributed by atoms with Crippen LogP contribution in [0.25, 0.3) is 0 Å². The van der Waals surface area contributed by atoms with E-state index in [0.29, 0.717) is 0 Å². The van der Waals surface area contributed by atoms with Crippen molar-refractivity contribution >= 4 is 18.7 Å². The van der Waals surface area contributed by atoms with E-state index >= 15 is 0 Å². The number of methoxy groups -OCH3 is 1. The summed E-state index contributed by atoms with van der Waals surface area (Å²) >= 11 is 0. The van der Waals surface area contributed by atoms with E-state index in [4.69, 9.17) is 4.74 Å². The van der Waals surface area contributed by atoms with Gasteiger partial charge in [0, 0.05) is 0 Å². The van der Waals surface area contributed by atoms with Crippen molar-refractivity contribution < 1.29 is 29.9 Å². The number of ether oxygens (including phenoxy) is 1.